The molecule has 0 aliphatic heterocycles. The van der Waals surface area contributed by atoms with Gasteiger partial charge in [0.15, 0.2) is 0 Å². The Morgan fingerprint density at radius 1 is 1.25 bits per heavy atom. The third kappa shape index (κ3) is 8.00. The number of likely N-dealkylation sites (N-methyl/N-ethyl adjacent to an activating group) is 2. The van der Waals surface area contributed by atoms with Crippen molar-refractivity contribution in [3.8, 4) is 11.8 Å². The summed E-state index contributed by atoms with van der Waals surface area (Å²) >= 11 is 0. The van der Waals surface area contributed by atoms with E-state index in [0.29, 0.717) is 59.9 Å². The van der Waals surface area contributed by atoms with Crippen LogP contribution >= 0.6 is 0 Å². The topological polar surface area (TPSA) is 120 Å². The van der Waals surface area contributed by atoms with Crippen molar-refractivity contribution < 1.29 is 14.0 Å². The number of hydrogen-bond donors (Lipinski definition) is 3. The van der Waals surface area contributed by atoms with E-state index in [1.807, 2.05) is 19.0 Å². The molecule has 11 nitrogen and oxygen atoms in total. The molecule has 12 heteroatoms. The lowest BCUT2D eigenvalue weighted by atomic mass is 10.2. The van der Waals surface area contributed by atoms with Gasteiger partial charge in [-0.25, -0.2) is 4.98 Å². The molecule has 0 saturated carbocycles. The van der Waals surface area contributed by atoms with E-state index < -0.39 is 12.0 Å². The summed E-state index contributed by atoms with van der Waals surface area (Å²) in [6.07, 6.45) is 6.08. The Hall–Kier alpha value is -4.50. The zero-order valence-electron chi connectivity index (χ0n) is 23.7. The molecule has 0 fully saturated rings. The number of unbranched alkanes of at least 4 members (excludes halogenated alkanes) is 1. The van der Waals surface area contributed by atoms with Crippen LogP contribution in [0.5, 0.6) is 0 Å². The summed E-state index contributed by atoms with van der Waals surface area (Å²) in [5, 5.41) is 13.2. The van der Waals surface area contributed by atoms with E-state index >= 15 is 0 Å². The van der Waals surface area contributed by atoms with Gasteiger partial charge in [-0.15, -0.1) is 5.10 Å². The van der Waals surface area contributed by atoms with Gasteiger partial charge in [-0.3, -0.25) is 14.3 Å². The number of hydrogen-bond acceptors (Lipinski definition) is 8. The quantitative estimate of drug-likeness (QED) is 0.190. The number of nitrogens with zero attached hydrogens (tertiary/aromatic N) is 6. The summed E-state index contributed by atoms with van der Waals surface area (Å²) < 4.78 is 15.3. The molecule has 40 heavy (non-hydrogen) atoms. The van der Waals surface area contributed by atoms with Gasteiger partial charge in [-0.05, 0) is 45.6 Å². The van der Waals surface area contributed by atoms with Crippen LogP contribution in [0.2, 0.25) is 0 Å². The van der Waals surface area contributed by atoms with Crippen molar-refractivity contribution in [1.29, 1.82) is 0 Å². The Bertz CT molecular complexity index is 1440. The number of amides is 2. The number of aryl methyl sites for hydroxylation is 1. The monoisotopic (exact) mass is 549 g/mol. The first kappa shape index (κ1) is 30.0. The molecule has 2 aromatic heterocycles. The molecule has 1 aromatic carbocycles. The van der Waals surface area contributed by atoms with Crippen molar-refractivity contribution in [2.45, 2.75) is 25.8 Å². The summed E-state index contributed by atoms with van der Waals surface area (Å²) in [7, 11) is 8.87. The molecule has 0 unspecified atom stereocenters. The van der Waals surface area contributed by atoms with Crippen LogP contribution in [0.3, 0.4) is 0 Å². The maximum absolute atomic E-state index is 13.8. The maximum Gasteiger partial charge on any atom is 0.246 e. The van der Waals surface area contributed by atoms with E-state index in [4.69, 9.17) is 0 Å². The predicted molar refractivity (Wildman–Crippen MR) is 155 cm³/mol. The molecule has 0 aliphatic rings. The molecule has 2 amide bonds. The van der Waals surface area contributed by atoms with Crippen molar-refractivity contribution >= 4 is 40.2 Å². The molecule has 212 valence electrons. The van der Waals surface area contributed by atoms with E-state index in [2.05, 4.69) is 42.9 Å². The minimum Gasteiger partial charge on any atom is -0.372 e. The average Bonchev–Trinajstić information content (AvgIpc) is 3.21. The fourth-order valence-electron chi connectivity index (χ4n) is 3.69. The number of rotatable bonds is 11. The number of halogens is 1. The van der Waals surface area contributed by atoms with Crippen LogP contribution in [0.15, 0.2) is 36.5 Å². The van der Waals surface area contributed by atoms with Crippen LogP contribution < -0.4 is 16.0 Å². The standard InChI is InChI=1S/C28H36FN9O2/c1-19(37(5)24(39)12-10-16-36(3)4)27(40)31-15-9-7-8-11-20-18-32-28(34-26(20)30-2)33-21-13-14-22-23(17-21)38(6)35-25(22)29/h10,12-14,17-19H,7,9,15-16H2,1-6H3,(H,31,40)(H2,30,32,33,34)/b12-10+/t19-/m0/s1. The summed E-state index contributed by atoms with van der Waals surface area (Å²) in [5.74, 6) is 6.13. The van der Waals surface area contributed by atoms with Gasteiger partial charge < -0.3 is 25.8 Å². The van der Waals surface area contributed by atoms with Crippen LogP contribution in [0, 0.1) is 17.8 Å². The lowest BCUT2D eigenvalue weighted by Crippen LogP contribution is -2.45. The molecule has 1 atom stereocenters. The minimum absolute atomic E-state index is 0.216. The fraction of sp³-hybridized carbons (Fsp3) is 0.393. The second kappa shape index (κ2) is 14.0. The lowest BCUT2D eigenvalue weighted by molar-refractivity contribution is -0.135. The highest BCUT2D eigenvalue weighted by molar-refractivity contribution is 5.92. The Balaban J connectivity index is 1.49. The molecule has 0 bridgehead atoms. The largest absolute Gasteiger partial charge is 0.372 e. The molecule has 0 spiro atoms. The Labute approximate surface area is 233 Å². The minimum atomic E-state index is -0.586. The highest BCUT2D eigenvalue weighted by atomic mass is 19.1. The number of benzene rings is 1. The highest BCUT2D eigenvalue weighted by Crippen LogP contribution is 2.23. The zero-order valence-corrected chi connectivity index (χ0v) is 23.7. The fourth-order valence-corrected chi connectivity index (χ4v) is 3.69. The Kier molecular flexibility index (Phi) is 10.6. The SMILES string of the molecule is CNc1nc(Nc2ccc3c(F)nn(C)c3c2)ncc1C#CCCCNC(=O)[C@H](C)N(C)C(=O)/C=C/CN(C)C. The lowest BCUT2D eigenvalue weighted by Gasteiger charge is -2.23. The first-order valence-corrected chi connectivity index (χ1v) is 12.9. The normalized spacial score (nSPS) is 11.8. The van der Waals surface area contributed by atoms with Crippen molar-refractivity contribution in [1.82, 2.24) is 34.9 Å². The highest BCUT2D eigenvalue weighted by Gasteiger charge is 2.20. The van der Waals surface area contributed by atoms with Crippen LogP contribution in [0.25, 0.3) is 10.9 Å². The average molecular weight is 550 g/mol. The smallest absolute Gasteiger partial charge is 0.246 e. The Morgan fingerprint density at radius 2 is 2.02 bits per heavy atom. The molecular formula is C28H36FN9O2. The van der Waals surface area contributed by atoms with Crippen LogP contribution in [-0.4, -0.2) is 88.7 Å². The van der Waals surface area contributed by atoms with E-state index in [9.17, 15) is 14.0 Å². The summed E-state index contributed by atoms with van der Waals surface area (Å²) in [5.41, 5.74) is 1.99. The number of fused-ring (bicyclic) bond motifs is 1. The van der Waals surface area contributed by atoms with Crippen molar-refractivity contribution in [3.05, 3.63) is 48.1 Å². The molecule has 2 heterocycles. The predicted octanol–water partition coefficient (Wildman–Crippen LogP) is 2.50. The van der Waals surface area contributed by atoms with Gasteiger partial charge in [0, 0.05) is 52.4 Å². The number of carbonyl (C=O) groups is 2. The third-order valence-corrected chi connectivity index (χ3v) is 6.13. The molecule has 3 N–H and O–H groups in total. The zero-order chi connectivity index (χ0) is 29.2. The van der Waals surface area contributed by atoms with Gasteiger partial charge in [-0.1, -0.05) is 17.9 Å². The van der Waals surface area contributed by atoms with Crippen LogP contribution in [0.4, 0.5) is 21.8 Å². The molecule has 3 aromatic rings. The number of nitrogens with one attached hydrogen (secondary N) is 3. The van der Waals surface area contributed by atoms with Gasteiger partial charge in [0.1, 0.15) is 11.9 Å². The number of carbonyl (C=O) groups excluding carboxylic acids is 2. The number of aromatic nitrogens is 4. The van der Waals surface area contributed by atoms with Gasteiger partial charge in [0.2, 0.25) is 23.7 Å². The molecule has 0 radical (unpaired) electrons. The van der Waals surface area contributed by atoms with Crippen LogP contribution in [0.1, 0.15) is 25.3 Å². The van der Waals surface area contributed by atoms with E-state index in [-0.39, 0.29) is 11.8 Å². The summed E-state index contributed by atoms with van der Waals surface area (Å²) in [4.78, 5) is 36.8. The van der Waals surface area contributed by atoms with Gasteiger partial charge >= 0.3 is 0 Å². The van der Waals surface area contributed by atoms with Crippen molar-refractivity contribution in [3.63, 3.8) is 0 Å². The molecule has 0 saturated heterocycles. The van der Waals surface area contributed by atoms with E-state index in [1.165, 1.54) is 15.7 Å². The second-order valence-electron chi connectivity index (χ2n) is 9.46. The van der Waals surface area contributed by atoms with Gasteiger partial charge in [0.25, 0.3) is 0 Å². The van der Waals surface area contributed by atoms with Crippen molar-refractivity contribution in [2.75, 3.05) is 51.9 Å². The molecule has 0 aliphatic carbocycles. The molecular weight excluding hydrogens is 513 g/mol. The Morgan fingerprint density at radius 3 is 2.75 bits per heavy atom. The van der Waals surface area contributed by atoms with Crippen LogP contribution in [-0.2, 0) is 16.6 Å². The second-order valence-corrected chi connectivity index (χ2v) is 9.46. The summed E-state index contributed by atoms with van der Waals surface area (Å²) in [6.45, 7) is 2.79. The number of anilines is 3. The van der Waals surface area contributed by atoms with Crippen molar-refractivity contribution in [2.24, 2.45) is 7.05 Å². The summed E-state index contributed by atoms with van der Waals surface area (Å²) in [6, 6.07) is 4.59. The van der Waals surface area contributed by atoms with E-state index in [0.717, 1.165) is 0 Å². The maximum atomic E-state index is 13.8. The first-order chi connectivity index (χ1) is 19.1. The first-order valence-electron chi connectivity index (χ1n) is 12.9. The molecule has 3 rings (SSSR count). The van der Waals surface area contributed by atoms with Gasteiger partial charge in [0.05, 0.1) is 22.7 Å². The van der Waals surface area contributed by atoms with E-state index in [1.54, 1.807) is 58.5 Å². The van der Waals surface area contributed by atoms with Gasteiger partial charge in [-0.2, -0.15) is 9.37 Å². The third-order valence-electron chi connectivity index (χ3n) is 6.13.